The number of nitrogens with one attached hydrogen (secondary N) is 1. The molecule has 180 valence electrons. The van der Waals surface area contributed by atoms with Crippen LogP contribution in [0.3, 0.4) is 0 Å². The van der Waals surface area contributed by atoms with Crippen molar-refractivity contribution in [1.82, 2.24) is 9.97 Å². The van der Waals surface area contributed by atoms with Gasteiger partial charge in [0.15, 0.2) is 0 Å². The minimum atomic E-state index is -4.70. The van der Waals surface area contributed by atoms with E-state index in [0.717, 1.165) is 28.7 Å². The van der Waals surface area contributed by atoms with Crippen LogP contribution in [0, 0.1) is 5.82 Å². The van der Waals surface area contributed by atoms with Crippen molar-refractivity contribution in [3.8, 4) is 17.1 Å². The Morgan fingerprint density at radius 2 is 1.71 bits per heavy atom. The standard InChI is InChI=1S/C25H21ClF4N2O.ClH/c1-24(2,3)16-6-9-20-21(11-16)32-23(31-20)14-5-8-19(26)22(10-14)33-13-15-4-7-17(27)12-18(15)25(28,29)30;/h4-12H,13H2,1-3H3,(H,31,32);1H. The van der Waals surface area contributed by atoms with E-state index in [1.54, 1.807) is 18.2 Å². The minimum absolute atomic E-state index is 0. The maximum absolute atomic E-state index is 13.4. The van der Waals surface area contributed by atoms with E-state index in [1.807, 2.05) is 18.2 Å². The van der Waals surface area contributed by atoms with Crippen molar-refractivity contribution < 1.29 is 22.3 Å². The fourth-order valence-electron chi connectivity index (χ4n) is 3.47. The van der Waals surface area contributed by atoms with Gasteiger partial charge >= 0.3 is 6.18 Å². The van der Waals surface area contributed by atoms with Crippen LogP contribution in [0.2, 0.25) is 5.02 Å². The smallest absolute Gasteiger partial charge is 0.416 e. The number of rotatable bonds is 4. The summed E-state index contributed by atoms with van der Waals surface area (Å²) < 4.78 is 58.7. The van der Waals surface area contributed by atoms with Crippen LogP contribution in [0.5, 0.6) is 5.75 Å². The number of hydrogen-bond acceptors (Lipinski definition) is 2. The molecule has 3 nitrogen and oxygen atoms in total. The molecule has 0 amide bonds. The van der Waals surface area contributed by atoms with Gasteiger partial charge in [-0.25, -0.2) is 9.37 Å². The average molecular weight is 513 g/mol. The molecule has 0 aliphatic carbocycles. The maximum Gasteiger partial charge on any atom is 0.416 e. The normalized spacial score (nSPS) is 12.0. The second kappa shape index (κ2) is 9.47. The third-order valence-corrected chi connectivity index (χ3v) is 5.63. The van der Waals surface area contributed by atoms with E-state index in [9.17, 15) is 17.6 Å². The predicted molar refractivity (Wildman–Crippen MR) is 128 cm³/mol. The van der Waals surface area contributed by atoms with Crippen LogP contribution in [0.4, 0.5) is 17.6 Å². The van der Waals surface area contributed by atoms with E-state index in [-0.39, 0.29) is 34.2 Å². The van der Waals surface area contributed by atoms with Crippen molar-refractivity contribution >= 4 is 35.0 Å². The number of benzene rings is 3. The van der Waals surface area contributed by atoms with E-state index >= 15 is 0 Å². The predicted octanol–water partition coefficient (Wildman–Crippen LogP) is 8.34. The zero-order valence-corrected chi connectivity index (χ0v) is 20.1. The lowest BCUT2D eigenvalue weighted by molar-refractivity contribution is -0.138. The lowest BCUT2D eigenvalue weighted by atomic mass is 9.87. The average Bonchev–Trinajstić information content (AvgIpc) is 3.16. The SMILES string of the molecule is CC(C)(C)c1ccc2nc(-c3ccc(Cl)c(OCc4ccc(F)cc4C(F)(F)F)c3)[nH]c2c1.Cl. The molecule has 9 heteroatoms. The van der Waals surface area contributed by atoms with Gasteiger partial charge in [-0.3, -0.25) is 0 Å². The number of hydrogen-bond donors (Lipinski definition) is 1. The molecule has 1 heterocycles. The van der Waals surface area contributed by atoms with Gasteiger partial charge in [0.2, 0.25) is 0 Å². The van der Waals surface area contributed by atoms with Gasteiger partial charge in [0.1, 0.15) is 24.0 Å². The highest BCUT2D eigenvalue weighted by molar-refractivity contribution is 6.32. The molecule has 3 aromatic carbocycles. The van der Waals surface area contributed by atoms with Crippen molar-refractivity contribution in [1.29, 1.82) is 0 Å². The molecular weight excluding hydrogens is 491 g/mol. The first-order valence-electron chi connectivity index (χ1n) is 10.2. The van der Waals surface area contributed by atoms with Gasteiger partial charge in [-0.05, 0) is 53.4 Å². The highest BCUT2D eigenvalue weighted by Crippen LogP contribution is 2.35. The van der Waals surface area contributed by atoms with E-state index < -0.39 is 24.2 Å². The van der Waals surface area contributed by atoms with Crippen LogP contribution in [-0.2, 0) is 18.2 Å². The summed E-state index contributed by atoms with van der Waals surface area (Å²) in [5.74, 6) is -0.191. The summed E-state index contributed by atoms with van der Waals surface area (Å²) in [6.07, 6.45) is -4.70. The summed E-state index contributed by atoms with van der Waals surface area (Å²) in [6.45, 7) is 5.95. The molecule has 0 fully saturated rings. The monoisotopic (exact) mass is 512 g/mol. The Morgan fingerprint density at radius 1 is 0.971 bits per heavy atom. The molecule has 0 spiro atoms. The van der Waals surface area contributed by atoms with Gasteiger partial charge in [0.05, 0.1) is 21.6 Å². The van der Waals surface area contributed by atoms with Gasteiger partial charge < -0.3 is 9.72 Å². The highest BCUT2D eigenvalue weighted by Gasteiger charge is 2.34. The summed E-state index contributed by atoms with van der Waals surface area (Å²) in [5, 5.41) is 0.237. The van der Waals surface area contributed by atoms with Crippen molar-refractivity contribution in [3.63, 3.8) is 0 Å². The first kappa shape index (κ1) is 25.8. The van der Waals surface area contributed by atoms with Gasteiger partial charge in [-0.1, -0.05) is 44.5 Å². The molecule has 0 unspecified atom stereocenters. The second-order valence-corrected chi connectivity index (χ2v) is 9.21. The Balaban J connectivity index is 0.00000324. The molecule has 0 aliphatic heterocycles. The van der Waals surface area contributed by atoms with Crippen LogP contribution in [0.1, 0.15) is 37.5 Å². The minimum Gasteiger partial charge on any atom is -0.487 e. The third-order valence-electron chi connectivity index (χ3n) is 5.31. The number of fused-ring (bicyclic) bond motifs is 1. The Bertz CT molecular complexity index is 1330. The van der Waals surface area contributed by atoms with Crippen molar-refractivity contribution in [2.24, 2.45) is 0 Å². The van der Waals surface area contributed by atoms with Crippen LogP contribution in [-0.4, -0.2) is 9.97 Å². The number of halogens is 6. The van der Waals surface area contributed by atoms with Crippen LogP contribution < -0.4 is 4.74 Å². The molecule has 1 N–H and O–H groups in total. The molecule has 0 aliphatic rings. The van der Waals surface area contributed by atoms with Gasteiger partial charge in [-0.2, -0.15) is 13.2 Å². The lowest BCUT2D eigenvalue weighted by Crippen LogP contribution is -2.11. The molecule has 0 saturated heterocycles. The van der Waals surface area contributed by atoms with Gasteiger partial charge in [0, 0.05) is 11.1 Å². The molecule has 0 radical (unpaired) electrons. The van der Waals surface area contributed by atoms with Crippen LogP contribution >= 0.6 is 24.0 Å². The number of aromatic nitrogens is 2. The number of imidazole rings is 1. The Hall–Kier alpha value is -2.77. The molecule has 1 aromatic heterocycles. The second-order valence-electron chi connectivity index (χ2n) is 8.80. The fourth-order valence-corrected chi connectivity index (χ4v) is 3.64. The Kier molecular flexibility index (Phi) is 7.20. The van der Waals surface area contributed by atoms with Gasteiger partial charge in [-0.15, -0.1) is 12.4 Å². The summed E-state index contributed by atoms with van der Waals surface area (Å²) >= 11 is 6.22. The van der Waals surface area contributed by atoms with Crippen LogP contribution in [0.25, 0.3) is 22.4 Å². The third kappa shape index (κ3) is 5.47. The summed E-state index contributed by atoms with van der Waals surface area (Å²) in [4.78, 5) is 7.89. The van der Waals surface area contributed by atoms with Crippen LogP contribution in [0.15, 0.2) is 54.6 Å². The summed E-state index contributed by atoms with van der Waals surface area (Å²) in [6, 6.07) is 13.5. The topological polar surface area (TPSA) is 37.9 Å². The summed E-state index contributed by atoms with van der Waals surface area (Å²) in [7, 11) is 0. The zero-order valence-electron chi connectivity index (χ0n) is 18.6. The van der Waals surface area contributed by atoms with E-state index in [1.165, 1.54) is 0 Å². The molecule has 0 bridgehead atoms. The first-order valence-corrected chi connectivity index (χ1v) is 10.6. The van der Waals surface area contributed by atoms with Crippen molar-refractivity contribution in [2.45, 2.75) is 39.0 Å². The van der Waals surface area contributed by atoms with E-state index in [0.29, 0.717) is 17.5 Å². The highest BCUT2D eigenvalue weighted by atomic mass is 35.5. The molecule has 0 atom stereocenters. The van der Waals surface area contributed by atoms with Crippen molar-refractivity contribution in [2.75, 3.05) is 0 Å². The Morgan fingerprint density at radius 3 is 2.38 bits per heavy atom. The lowest BCUT2D eigenvalue weighted by Gasteiger charge is -2.18. The Labute approximate surface area is 205 Å². The summed E-state index contributed by atoms with van der Waals surface area (Å²) in [5.41, 5.74) is 2.19. The number of ether oxygens (including phenoxy) is 1. The molecule has 0 saturated carbocycles. The number of alkyl halides is 3. The fraction of sp³-hybridized carbons (Fsp3) is 0.240. The molecular formula is C25H22Cl2F4N2O. The molecule has 4 rings (SSSR count). The maximum atomic E-state index is 13.4. The van der Waals surface area contributed by atoms with Crippen molar-refractivity contribution in [3.05, 3.63) is 82.1 Å². The molecule has 4 aromatic rings. The van der Waals surface area contributed by atoms with Gasteiger partial charge in [0.25, 0.3) is 0 Å². The van der Waals surface area contributed by atoms with E-state index in [4.69, 9.17) is 16.3 Å². The number of aromatic amines is 1. The van der Waals surface area contributed by atoms with E-state index in [2.05, 4.69) is 30.7 Å². The quantitative estimate of drug-likeness (QED) is 0.279. The zero-order chi connectivity index (χ0) is 24.0. The largest absolute Gasteiger partial charge is 0.487 e. The number of H-pyrrole nitrogens is 1. The number of nitrogens with zero attached hydrogens (tertiary/aromatic N) is 1. The first-order chi connectivity index (χ1) is 15.4. The molecule has 34 heavy (non-hydrogen) atoms.